The Hall–Kier alpha value is -1.30. The van der Waals surface area contributed by atoms with Crippen molar-refractivity contribution in [1.29, 1.82) is 0 Å². The topological polar surface area (TPSA) is 28.2 Å². The smallest absolute Gasteiger partial charge is 0.356 e. The Bertz CT molecular complexity index is 442. The standard InChI is InChI=1S/C15H22F3N3/c1-2-8-21(11-12-4-3-6-19-10-12)14-9-13(5-7-20-14)15(16,17)18/h5,7,9,12,19H,2-4,6,8,10-11H2,1H3. The second-order valence-electron chi connectivity index (χ2n) is 5.56. The Kier molecular flexibility index (Phi) is 5.45. The van der Waals surface area contributed by atoms with Gasteiger partial charge in [-0.2, -0.15) is 13.2 Å². The fraction of sp³-hybridized carbons (Fsp3) is 0.667. The summed E-state index contributed by atoms with van der Waals surface area (Å²) in [4.78, 5) is 6.12. The van der Waals surface area contributed by atoms with Crippen LogP contribution in [0.1, 0.15) is 31.7 Å². The zero-order valence-electron chi connectivity index (χ0n) is 12.3. The van der Waals surface area contributed by atoms with Crippen LogP contribution in [0, 0.1) is 5.92 Å². The number of alkyl halides is 3. The Labute approximate surface area is 123 Å². The molecule has 118 valence electrons. The number of pyridine rings is 1. The van der Waals surface area contributed by atoms with E-state index in [1.807, 2.05) is 11.8 Å². The molecule has 1 unspecified atom stereocenters. The van der Waals surface area contributed by atoms with Gasteiger partial charge >= 0.3 is 6.18 Å². The molecule has 1 aliphatic heterocycles. The third-order valence-electron chi connectivity index (χ3n) is 3.77. The maximum atomic E-state index is 12.8. The lowest BCUT2D eigenvalue weighted by Gasteiger charge is -2.31. The molecule has 6 heteroatoms. The maximum absolute atomic E-state index is 12.8. The molecule has 1 N–H and O–H groups in total. The molecule has 0 aliphatic carbocycles. The molecular weight excluding hydrogens is 279 g/mol. The van der Waals surface area contributed by atoms with Gasteiger partial charge in [-0.25, -0.2) is 4.98 Å². The average molecular weight is 301 g/mol. The number of nitrogens with one attached hydrogen (secondary N) is 1. The van der Waals surface area contributed by atoms with Gasteiger partial charge in [-0.05, 0) is 50.4 Å². The van der Waals surface area contributed by atoms with Crippen molar-refractivity contribution in [3.8, 4) is 0 Å². The van der Waals surface area contributed by atoms with E-state index in [4.69, 9.17) is 0 Å². The van der Waals surface area contributed by atoms with Crippen LogP contribution in [-0.4, -0.2) is 31.2 Å². The van der Waals surface area contributed by atoms with Crippen LogP contribution < -0.4 is 10.2 Å². The van der Waals surface area contributed by atoms with Crippen molar-refractivity contribution in [2.75, 3.05) is 31.1 Å². The van der Waals surface area contributed by atoms with Gasteiger partial charge in [-0.3, -0.25) is 0 Å². The number of aromatic nitrogens is 1. The van der Waals surface area contributed by atoms with E-state index < -0.39 is 11.7 Å². The molecule has 0 saturated carbocycles. The molecule has 21 heavy (non-hydrogen) atoms. The minimum absolute atomic E-state index is 0.428. The molecule has 0 aromatic carbocycles. The van der Waals surface area contributed by atoms with Gasteiger partial charge in [0.2, 0.25) is 0 Å². The van der Waals surface area contributed by atoms with Gasteiger partial charge in [0.05, 0.1) is 5.56 Å². The summed E-state index contributed by atoms with van der Waals surface area (Å²) in [7, 11) is 0. The molecule has 3 nitrogen and oxygen atoms in total. The van der Waals surface area contributed by atoms with Crippen LogP contribution in [0.4, 0.5) is 19.0 Å². The van der Waals surface area contributed by atoms with Crippen molar-refractivity contribution in [3.63, 3.8) is 0 Å². The van der Waals surface area contributed by atoms with Gasteiger partial charge < -0.3 is 10.2 Å². The van der Waals surface area contributed by atoms with E-state index in [0.717, 1.165) is 57.6 Å². The number of halogens is 3. The average Bonchev–Trinajstić information content (AvgIpc) is 2.47. The third kappa shape index (κ3) is 4.59. The fourth-order valence-electron chi connectivity index (χ4n) is 2.73. The van der Waals surface area contributed by atoms with Crippen LogP contribution >= 0.6 is 0 Å². The van der Waals surface area contributed by atoms with Crippen LogP contribution in [-0.2, 0) is 6.18 Å². The van der Waals surface area contributed by atoms with Gasteiger partial charge in [0, 0.05) is 19.3 Å². The van der Waals surface area contributed by atoms with Gasteiger partial charge in [-0.1, -0.05) is 6.92 Å². The van der Waals surface area contributed by atoms with Crippen molar-refractivity contribution in [2.45, 2.75) is 32.4 Å². The van der Waals surface area contributed by atoms with Crippen molar-refractivity contribution < 1.29 is 13.2 Å². The quantitative estimate of drug-likeness (QED) is 0.904. The first-order chi connectivity index (χ1) is 10.0. The summed E-state index contributed by atoms with van der Waals surface area (Å²) in [6.07, 6.45) is 0.0623. The van der Waals surface area contributed by atoms with E-state index in [2.05, 4.69) is 10.3 Å². The third-order valence-corrected chi connectivity index (χ3v) is 3.77. The molecular formula is C15H22F3N3. The van der Waals surface area contributed by atoms with E-state index in [9.17, 15) is 13.2 Å². The summed E-state index contributed by atoms with van der Waals surface area (Å²) in [6.45, 7) is 5.48. The monoisotopic (exact) mass is 301 g/mol. The number of rotatable bonds is 5. The maximum Gasteiger partial charge on any atom is 0.416 e. The first-order valence-corrected chi connectivity index (χ1v) is 7.49. The minimum Gasteiger partial charge on any atom is -0.356 e. The second kappa shape index (κ2) is 7.11. The Morgan fingerprint density at radius 3 is 2.86 bits per heavy atom. The molecule has 2 rings (SSSR count). The molecule has 1 atom stereocenters. The zero-order valence-corrected chi connectivity index (χ0v) is 12.3. The van der Waals surface area contributed by atoms with Crippen LogP contribution in [0.3, 0.4) is 0 Å². The summed E-state index contributed by atoms with van der Waals surface area (Å²) in [5, 5.41) is 3.34. The van der Waals surface area contributed by atoms with Crippen LogP contribution in [0.2, 0.25) is 0 Å². The minimum atomic E-state index is -4.32. The summed E-state index contributed by atoms with van der Waals surface area (Å²) in [5.74, 6) is 0.902. The first-order valence-electron chi connectivity index (χ1n) is 7.49. The fourth-order valence-corrected chi connectivity index (χ4v) is 2.73. The van der Waals surface area contributed by atoms with E-state index in [1.54, 1.807) is 0 Å². The van der Waals surface area contributed by atoms with Gasteiger partial charge in [-0.15, -0.1) is 0 Å². The van der Waals surface area contributed by atoms with Gasteiger partial charge in [0.15, 0.2) is 0 Å². The number of anilines is 1. The molecule has 1 fully saturated rings. The van der Waals surface area contributed by atoms with Crippen molar-refractivity contribution in [3.05, 3.63) is 23.9 Å². The van der Waals surface area contributed by atoms with Crippen molar-refractivity contribution >= 4 is 5.82 Å². The van der Waals surface area contributed by atoms with E-state index in [-0.39, 0.29) is 0 Å². The lowest BCUT2D eigenvalue weighted by molar-refractivity contribution is -0.137. The summed E-state index contributed by atoms with van der Waals surface area (Å²) in [5.41, 5.74) is -0.629. The predicted octanol–water partition coefficient (Wildman–Crippen LogP) is 3.32. The molecule has 0 amide bonds. The van der Waals surface area contributed by atoms with Crippen molar-refractivity contribution in [2.24, 2.45) is 5.92 Å². The highest BCUT2D eigenvalue weighted by atomic mass is 19.4. The lowest BCUT2D eigenvalue weighted by Crippen LogP contribution is -2.39. The highest BCUT2D eigenvalue weighted by molar-refractivity contribution is 5.42. The van der Waals surface area contributed by atoms with Crippen molar-refractivity contribution in [1.82, 2.24) is 10.3 Å². The van der Waals surface area contributed by atoms with Crippen LogP contribution in [0.25, 0.3) is 0 Å². The summed E-state index contributed by atoms with van der Waals surface area (Å²) >= 11 is 0. The van der Waals surface area contributed by atoms with Crippen LogP contribution in [0.5, 0.6) is 0 Å². The normalized spacial score (nSPS) is 19.5. The Morgan fingerprint density at radius 2 is 2.24 bits per heavy atom. The lowest BCUT2D eigenvalue weighted by atomic mass is 9.99. The SMILES string of the molecule is CCCN(CC1CCCNC1)c1cc(C(F)(F)F)ccn1. The van der Waals surface area contributed by atoms with Gasteiger partial charge in [0.1, 0.15) is 5.82 Å². The molecule has 1 aliphatic rings. The molecule has 1 saturated heterocycles. The zero-order chi connectivity index (χ0) is 15.3. The van der Waals surface area contributed by atoms with E-state index >= 15 is 0 Å². The highest BCUT2D eigenvalue weighted by Gasteiger charge is 2.31. The highest BCUT2D eigenvalue weighted by Crippen LogP contribution is 2.31. The van der Waals surface area contributed by atoms with E-state index in [1.165, 1.54) is 6.20 Å². The molecule has 1 aromatic rings. The largest absolute Gasteiger partial charge is 0.416 e. The number of hydrogen-bond donors (Lipinski definition) is 1. The molecule has 2 heterocycles. The summed E-state index contributed by atoms with van der Waals surface area (Å²) < 4.78 is 38.5. The Morgan fingerprint density at radius 1 is 1.43 bits per heavy atom. The van der Waals surface area contributed by atoms with Gasteiger partial charge in [0.25, 0.3) is 0 Å². The number of nitrogens with zero attached hydrogens (tertiary/aromatic N) is 2. The number of piperidine rings is 1. The van der Waals surface area contributed by atoms with Crippen LogP contribution in [0.15, 0.2) is 18.3 Å². The van der Waals surface area contributed by atoms with E-state index in [0.29, 0.717) is 11.7 Å². The first kappa shape index (κ1) is 16.1. The summed E-state index contributed by atoms with van der Waals surface area (Å²) in [6, 6.07) is 2.18. The number of hydrogen-bond acceptors (Lipinski definition) is 3. The molecule has 0 radical (unpaired) electrons. The molecule has 0 bridgehead atoms. The second-order valence-corrected chi connectivity index (χ2v) is 5.56. The molecule has 0 spiro atoms. The predicted molar refractivity (Wildman–Crippen MR) is 77.3 cm³/mol. The Balaban J connectivity index is 2.13. The molecule has 1 aromatic heterocycles.